The summed E-state index contributed by atoms with van der Waals surface area (Å²) in [5, 5.41) is 4.57. The van der Waals surface area contributed by atoms with Gasteiger partial charge in [-0.2, -0.15) is 16.9 Å². The molecule has 0 saturated carbocycles. The van der Waals surface area contributed by atoms with Gasteiger partial charge in [0.05, 0.1) is 11.7 Å². The number of hydrogen-bond donors (Lipinski definition) is 1. The minimum atomic E-state index is 0.313. The van der Waals surface area contributed by atoms with Crippen molar-refractivity contribution in [3.63, 3.8) is 0 Å². The molecule has 1 atom stereocenters. The Balaban J connectivity index is 2.19. The molecule has 5 heteroatoms. The van der Waals surface area contributed by atoms with Crippen molar-refractivity contribution in [2.24, 2.45) is 12.8 Å². The first-order valence-corrected chi connectivity index (χ1v) is 8.56. The molecule has 20 heavy (non-hydrogen) atoms. The van der Waals surface area contributed by atoms with Crippen molar-refractivity contribution in [3.8, 4) is 0 Å². The monoisotopic (exact) mass is 296 g/mol. The summed E-state index contributed by atoms with van der Waals surface area (Å²) in [6.45, 7) is 9.78. The highest BCUT2D eigenvalue weighted by atomic mass is 32.2. The normalized spacial score (nSPS) is 21.6. The van der Waals surface area contributed by atoms with Crippen molar-refractivity contribution < 1.29 is 0 Å². The quantitative estimate of drug-likeness (QED) is 0.925. The van der Waals surface area contributed by atoms with Gasteiger partial charge < -0.3 is 5.73 Å². The molecule has 0 amide bonds. The van der Waals surface area contributed by atoms with E-state index in [-0.39, 0.29) is 0 Å². The molecule has 0 radical (unpaired) electrons. The molecule has 1 saturated heterocycles. The molecule has 2 N–H and O–H groups in total. The number of nitrogens with two attached hydrogens (primary N) is 1. The van der Waals surface area contributed by atoms with E-state index in [0.717, 1.165) is 19.5 Å². The topological polar surface area (TPSA) is 47.1 Å². The predicted octanol–water partition coefficient (Wildman–Crippen LogP) is 2.20. The molecule has 4 nitrogen and oxygen atoms in total. The molecule has 0 bridgehead atoms. The van der Waals surface area contributed by atoms with Gasteiger partial charge in [0.1, 0.15) is 0 Å². The Morgan fingerprint density at radius 2 is 2.20 bits per heavy atom. The van der Waals surface area contributed by atoms with Gasteiger partial charge in [-0.1, -0.05) is 20.8 Å². The Morgan fingerprint density at radius 3 is 2.85 bits per heavy atom. The Kier molecular flexibility index (Phi) is 5.15. The van der Waals surface area contributed by atoms with Crippen molar-refractivity contribution in [1.29, 1.82) is 0 Å². The zero-order valence-electron chi connectivity index (χ0n) is 13.2. The number of thioether (sulfide) groups is 1. The van der Waals surface area contributed by atoms with Crippen LogP contribution in [0.1, 0.15) is 44.5 Å². The Hall–Kier alpha value is -0.520. The summed E-state index contributed by atoms with van der Waals surface area (Å²) >= 11 is 2.08. The van der Waals surface area contributed by atoms with Crippen LogP contribution in [-0.2, 0) is 13.5 Å². The van der Waals surface area contributed by atoms with Crippen LogP contribution in [0.3, 0.4) is 0 Å². The van der Waals surface area contributed by atoms with Crippen LogP contribution in [0, 0.1) is 0 Å². The first-order valence-electron chi connectivity index (χ1n) is 7.57. The van der Waals surface area contributed by atoms with Gasteiger partial charge in [-0.05, 0) is 12.8 Å². The Bertz CT molecular complexity index is 441. The fourth-order valence-electron chi connectivity index (χ4n) is 2.93. The average molecular weight is 296 g/mol. The van der Waals surface area contributed by atoms with E-state index in [4.69, 9.17) is 5.73 Å². The molecule has 1 fully saturated rings. The van der Waals surface area contributed by atoms with Crippen LogP contribution in [0.4, 0.5) is 0 Å². The van der Waals surface area contributed by atoms with E-state index in [1.165, 1.54) is 23.4 Å². The average Bonchev–Trinajstić information content (AvgIpc) is 2.67. The summed E-state index contributed by atoms with van der Waals surface area (Å²) < 4.78 is 2.31. The zero-order valence-corrected chi connectivity index (χ0v) is 14.0. The second-order valence-corrected chi connectivity index (χ2v) is 8.01. The first-order chi connectivity index (χ1) is 9.46. The Labute approximate surface area is 127 Å². The SMILES string of the molecule is CCc1nn(C)cc1C(CN)N1CCSC(C)(C)CC1. The number of aromatic nitrogens is 2. The van der Waals surface area contributed by atoms with Crippen molar-refractivity contribution >= 4 is 11.8 Å². The van der Waals surface area contributed by atoms with Gasteiger partial charge >= 0.3 is 0 Å². The molecular weight excluding hydrogens is 268 g/mol. The second-order valence-electron chi connectivity index (χ2n) is 6.20. The van der Waals surface area contributed by atoms with Crippen molar-refractivity contribution in [2.75, 3.05) is 25.4 Å². The van der Waals surface area contributed by atoms with E-state index in [1.54, 1.807) is 0 Å². The van der Waals surface area contributed by atoms with Crippen molar-refractivity contribution in [2.45, 2.75) is 44.4 Å². The molecule has 1 aromatic rings. The minimum Gasteiger partial charge on any atom is -0.329 e. The van der Waals surface area contributed by atoms with E-state index >= 15 is 0 Å². The summed E-state index contributed by atoms with van der Waals surface area (Å²) in [4.78, 5) is 2.55. The lowest BCUT2D eigenvalue weighted by atomic mass is 10.0. The van der Waals surface area contributed by atoms with Gasteiger partial charge in [0.15, 0.2) is 0 Å². The van der Waals surface area contributed by atoms with E-state index < -0.39 is 0 Å². The summed E-state index contributed by atoms with van der Waals surface area (Å²) in [5.74, 6) is 1.19. The number of nitrogens with zero attached hydrogens (tertiary/aromatic N) is 3. The highest BCUT2D eigenvalue weighted by Gasteiger charge is 2.29. The maximum absolute atomic E-state index is 6.10. The molecule has 0 spiro atoms. The molecule has 0 aliphatic carbocycles. The van der Waals surface area contributed by atoms with Crippen LogP contribution in [0.25, 0.3) is 0 Å². The van der Waals surface area contributed by atoms with Crippen LogP contribution >= 0.6 is 11.8 Å². The second kappa shape index (κ2) is 6.50. The fraction of sp³-hybridized carbons (Fsp3) is 0.800. The molecule has 1 aliphatic heterocycles. The van der Waals surface area contributed by atoms with Gasteiger partial charge in [0.25, 0.3) is 0 Å². The molecule has 1 unspecified atom stereocenters. The van der Waals surface area contributed by atoms with Gasteiger partial charge in [-0.15, -0.1) is 0 Å². The van der Waals surface area contributed by atoms with Crippen LogP contribution in [-0.4, -0.2) is 44.8 Å². The van der Waals surface area contributed by atoms with E-state index in [0.29, 0.717) is 17.3 Å². The lowest BCUT2D eigenvalue weighted by molar-refractivity contribution is 0.210. The number of rotatable bonds is 4. The molecule has 2 rings (SSSR count). The molecule has 0 aromatic carbocycles. The molecular formula is C15H28N4S. The van der Waals surface area contributed by atoms with Crippen LogP contribution in [0.15, 0.2) is 6.20 Å². The molecule has 2 heterocycles. The number of aryl methyl sites for hydroxylation is 2. The fourth-order valence-corrected chi connectivity index (χ4v) is 4.04. The van der Waals surface area contributed by atoms with E-state index in [2.05, 4.69) is 48.7 Å². The maximum atomic E-state index is 6.10. The largest absolute Gasteiger partial charge is 0.329 e. The van der Waals surface area contributed by atoms with Crippen LogP contribution < -0.4 is 5.73 Å². The lowest BCUT2D eigenvalue weighted by Crippen LogP contribution is -2.36. The van der Waals surface area contributed by atoms with Crippen molar-refractivity contribution in [3.05, 3.63) is 17.5 Å². The minimum absolute atomic E-state index is 0.313. The highest BCUT2D eigenvalue weighted by molar-refractivity contribution is 8.00. The lowest BCUT2D eigenvalue weighted by Gasteiger charge is -2.30. The summed E-state index contributed by atoms with van der Waals surface area (Å²) in [5.41, 5.74) is 8.62. The molecule has 1 aromatic heterocycles. The number of hydrogen-bond acceptors (Lipinski definition) is 4. The summed E-state index contributed by atoms with van der Waals surface area (Å²) in [6, 6.07) is 0.313. The summed E-state index contributed by atoms with van der Waals surface area (Å²) in [7, 11) is 2.00. The van der Waals surface area contributed by atoms with Crippen molar-refractivity contribution in [1.82, 2.24) is 14.7 Å². The smallest absolute Gasteiger partial charge is 0.0670 e. The van der Waals surface area contributed by atoms with E-state index in [9.17, 15) is 0 Å². The third-order valence-electron chi connectivity index (χ3n) is 4.17. The third kappa shape index (κ3) is 3.57. The summed E-state index contributed by atoms with van der Waals surface area (Å²) in [6.07, 6.45) is 4.34. The van der Waals surface area contributed by atoms with Gasteiger partial charge in [-0.3, -0.25) is 9.58 Å². The predicted molar refractivity (Wildman–Crippen MR) is 87.1 cm³/mol. The third-order valence-corrected chi connectivity index (χ3v) is 5.54. The Morgan fingerprint density at radius 1 is 1.45 bits per heavy atom. The van der Waals surface area contributed by atoms with Crippen LogP contribution in [0.5, 0.6) is 0 Å². The zero-order chi connectivity index (χ0) is 14.8. The maximum Gasteiger partial charge on any atom is 0.0670 e. The van der Waals surface area contributed by atoms with Gasteiger partial charge in [0.2, 0.25) is 0 Å². The highest BCUT2D eigenvalue weighted by Crippen LogP contribution is 2.33. The molecule has 1 aliphatic rings. The van der Waals surface area contributed by atoms with Gasteiger partial charge in [-0.25, -0.2) is 0 Å². The molecule has 114 valence electrons. The van der Waals surface area contributed by atoms with Gasteiger partial charge in [0, 0.05) is 48.9 Å². The van der Waals surface area contributed by atoms with E-state index in [1.807, 2.05) is 11.7 Å². The first kappa shape index (κ1) is 15.9. The van der Waals surface area contributed by atoms with Crippen LogP contribution in [0.2, 0.25) is 0 Å². The standard InChI is InChI=1S/C15H28N4S/c1-5-13-12(11-18(4)17-13)14(10-16)19-7-6-15(2,3)20-9-8-19/h11,14H,5-10,16H2,1-4H3.